The maximum atomic E-state index is 10.4. The third-order valence-electron chi connectivity index (χ3n) is 0.950. The molecule has 0 rings (SSSR count). The molecule has 2 unspecified atom stereocenters. The molecule has 0 saturated carbocycles. The highest BCUT2D eigenvalue weighted by atomic mass is 16.6. The Morgan fingerprint density at radius 2 is 2.40 bits per heavy atom. The topological polar surface area (TPSA) is 72.5 Å². The van der Waals surface area contributed by atoms with Crippen LogP contribution in [0.1, 0.15) is 6.92 Å². The summed E-state index contributed by atoms with van der Waals surface area (Å²) in [5, 5.41) is 8.63. The zero-order valence-corrected chi connectivity index (χ0v) is 5.78. The first kappa shape index (κ1) is 9.13. The van der Waals surface area contributed by atoms with Gasteiger partial charge >= 0.3 is 5.97 Å². The van der Waals surface area contributed by atoms with Crippen molar-refractivity contribution in [3.63, 3.8) is 0 Å². The Kier molecular flexibility index (Phi) is 3.68. The lowest BCUT2D eigenvalue weighted by Gasteiger charge is -2.13. The normalized spacial score (nSPS) is 15.5. The summed E-state index contributed by atoms with van der Waals surface area (Å²) in [5.74, 6) is -0.586. The Labute approximate surface area is 59.3 Å². The lowest BCUT2D eigenvalue weighted by Crippen LogP contribution is -2.35. The van der Waals surface area contributed by atoms with Crippen LogP contribution in [0.4, 0.5) is 0 Å². The molecule has 0 aliphatic carbocycles. The predicted molar refractivity (Wildman–Crippen MR) is 35.9 cm³/mol. The van der Waals surface area contributed by atoms with Crippen LogP contribution in [0.5, 0.6) is 0 Å². The first-order valence-corrected chi connectivity index (χ1v) is 2.84. The van der Waals surface area contributed by atoms with Crippen molar-refractivity contribution in [1.29, 1.82) is 0 Å². The number of carbonyl (C=O) groups is 1. The Balaban J connectivity index is 3.67. The zero-order valence-electron chi connectivity index (χ0n) is 5.78. The molecular formula is C6H11NO3. The van der Waals surface area contributed by atoms with Crippen molar-refractivity contribution in [1.82, 2.24) is 0 Å². The van der Waals surface area contributed by atoms with Crippen molar-refractivity contribution >= 4 is 5.97 Å². The average Bonchev–Trinajstić information content (AvgIpc) is 1.87. The molecule has 2 atom stereocenters. The molecule has 0 heterocycles. The van der Waals surface area contributed by atoms with Crippen LogP contribution in [-0.4, -0.2) is 23.4 Å². The number of nitrogens with two attached hydrogens (primary N) is 1. The quantitative estimate of drug-likeness (QED) is 0.315. The van der Waals surface area contributed by atoms with Crippen LogP contribution in [-0.2, 0) is 9.53 Å². The highest BCUT2D eigenvalue weighted by Gasteiger charge is 2.11. The van der Waals surface area contributed by atoms with Gasteiger partial charge in [0.1, 0.15) is 12.3 Å². The van der Waals surface area contributed by atoms with Crippen LogP contribution in [0.25, 0.3) is 0 Å². The predicted octanol–water partition coefficient (Wildman–Crippen LogP) is -0.619. The first-order chi connectivity index (χ1) is 4.57. The second-order valence-electron chi connectivity index (χ2n) is 1.84. The maximum absolute atomic E-state index is 10.4. The molecule has 3 N–H and O–H groups in total. The first-order valence-electron chi connectivity index (χ1n) is 2.84. The van der Waals surface area contributed by atoms with Crippen molar-refractivity contribution in [2.45, 2.75) is 19.3 Å². The summed E-state index contributed by atoms with van der Waals surface area (Å²) in [4.78, 5) is 10.4. The summed E-state index contributed by atoms with van der Waals surface area (Å²) in [6, 6.07) is 0. The second kappa shape index (κ2) is 4.03. The van der Waals surface area contributed by atoms with E-state index < -0.39 is 18.3 Å². The summed E-state index contributed by atoms with van der Waals surface area (Å²) >= 11 is 0. The third kappa shape index (κ3) is 3.21. The van der Waals surface area contributed by atoms with Gasteiger partial charge < -0.3 is 15.6 Å². The van der Waals surface area contributed by atoms with Gasteiger partial charge in [0.05, 0.1) is 0 Å². The summed E-state index contributed by atoms with van der Waals surface area (Å²) in [7, 11) is 0. The standard InChI is InChI=1S/C6H11NO3/c1-3-5(8)10-4(2)6(7)9/h3-4,6,9H,1,7H2,2H3. The van der Waals surface area contributed by atoms with E-state index in [0.717, 1.165) is 6.08 Å². The molecule has 4 heteroatoms. The Hall–Kier alpha value is -0.870. The number of ether oxygens (including phenoxy) is 1. The fourth-order valence-electron chi connectivity index (χ4n) is 0.301. The number of hydrogen-bond donors (Lipinski definition) is 2. The van der Waals surface area contributed by atoms with E-state index in [1.807, 2.05) is 0 Å². The van der Waals surface area contributed by atoms with Gasteiger partial charge in [-0.1, -0.05) is 6.58 Å². The van der Waals surface area contributed by atoms with Gasteiger partial charge in [-0.15, -0.1) is 0 Å². The van der Waals surface area contributed by atoms with E-state index in [-0.39, 0.29) is 0 Å². The molecule has 0 aromatic rings. The van der Waals surface area contributed by atoms with Crippen molar-refractivity contribution in [2.75, 3.05) is 0 Å². The highest BCUT2D eigenvalue weighted by molar-refractivity contribution is 5.81. The molecule has 0 amide bonds. The van der Waals surface area contributed by atoms with Crippen LogP contribution in [0.2, 0.25) is 0 Å². The molecule has 10 heavy (non-hydrogen) atoms. The van der Waals surface area contributed by atoms with Crippen LogP contribution in [0.15, 0.2) is 12.7 Å². The monoisotopic (exact) mass is 145 g/mol. The van der Waals surface area contributed by atoms with Gasteiger partial charge in [-0.25, -0.2) is 4.79 Å². The van der Waals surface area contributed by atoms with Crippen molar-refractivity contribution in [3.05, 3.63) is 12.7 Å². The number of esters is 1. The van der Waals surface area contributed by atoms with Crippen LogP contribution >= 0.6 is 0 Å². The molecule has 0 radical (unpaired) electrons. The van der Waals surface area contributed by atoms with E-state index in [0.29, 0.717) is 0 Å². The molecule has 0 bridgehead atoms. The van der Waals surface area contributed by atoms with Crippen molar-refractivity contribution in [2.24, 2.45) is 5.73 Å². The number of carbonyl (C=O) groups excluding carboxylic acids is 1. The third-order valence-corrected chi connectivity index (χ3v) is 0.950. The van der Waals surface area contributed by atoms with E-state index in [1.165, 1.54) is 6.92 Å². The van der Waals surface area contributed by atoms with E-state index in [1.54, 1.807) is 0 Å². The molecule has 0 aliphatic heterocycles. The van der Waals surface area contributed by atoms with Crippen molar-refractivity contribution in [3.8, 4) is 0 Å². The van der Waals surface area contributed by atoms with E-state index in [9.17, 15) is 4.79 Å². The van der Waals surface area contributed by atoms with Gasteiger partial charge in [0.25, 0.3) is 0 Å². The number of aliphatic hydroxyl groups excluding tert-OH is 1. The smallest absolute Gasteiger partial charge is 0.330 e. The molecule has 0 spiro atoms. The van der Waals surface area contributed by atoms with Gasteiger partial charge in [-0.05, 0) is 6.92 Å². The number of hydrogen-bond acceptors (Lipinski definition) is 4. The lowest BCUT2D eigenvalue weighted by molar-refractivity contribution is -0.147. The lowest BCUT2D eigenvalue weighted by atomic mass is 10.4. The largest absolute Gasteiger partial charge is 0.455 e. The minimum atomic E-state index is -1.14. The fourth-order valence-corrected chi connectivity index (χ4v) is 0.301. The molecule has 4 nitrogen and oxygen atoms in total. The summed E-state index contributed by atoms with van der Waals surface area (Å²) < 4.78 is 4.53. The average molecular weight is 145 g/mol. The zero-order chi connectivity index (χ0) is 8.15. The van der Waals surface area contributed by atoms with Crippen LogP contribution in [0.3, 0.4) is 0 Å². The van der Waals surface area contributed by atoms with Gasteiger partial charge in [0, 0.05) is 6.08 Å². The summed E-state index contributed by atoms with van der Waals surface area (Å²) in [6.07, 6.45) is -0.812. The number of aliphatic hydroxyl groups is 1. The molecule has 0 aromatic carbocycles. The second-order valence-corrected chi connectivity index (χ2v) is 1.84. The van der Waals surface area contributed by atoms with E-state index in [4.69, 9.17) is 10.8 Å². The Bertz CT molecular complexity index is 133. The van der Waals surface area contributed by atoms with Crippen molar-refractivity contribution < 1.29 is 14.6 Å². The molecule has 0 aliphatic rings. The Morgan fingerprint density at radius 3 is 2.70 bits per heavy atom. The maximum Gasteiger partial charge on any atom is 0.330 e. The SMILES string of the molecule is C=CC(=O)OC(C)C(N)O. The Morgan fingerprint density at radius 1 is 1.90 bits per heavy atom. The minimum absolute atomic E-state index is 0.586. The van der Waals surface area contributed by atoms with Gasteiger partial charge in [0.2, 0.25) is 0 Å². The molecule has 0 aromatic heterocycles. The molecule has 58 valence electrons. The molecular weight excluding hydrogens is 134 g/mol. The fraction of sp³-hybridized carbons (Fsp3) is 0.500. The summed E-state index contributed by atoms with van der Waals surface area (Å²) in [6.45, 7) is 4.67. The van der Waals surface area contributed by atoms with Gasteiger partial charge in [0.15, 0.2) is 0 Å². The van der Waals surface area contributed by atoms with Crippen LogP contribution in [0, 0.1) is 0 Å². The van der Waals surface area contributed by atoms with Crippen LogP contribution < -0.4 is 5.73 Å². The highest BCUT2D eigenvalue weighted by Crippen LogP contribution is 1.93. The molecule has 0 saturated heterocycles. The van der Waals surface area contributed by atoms with E-state index >= 15 is 0 Å². The minimum Gasteiger partial charge on any atom is -0.455 e. The number of rotatable bonds is 3. The van der Waals surface area contributed by atoms with E-state index in [2.05, 4.69) is 11.3 Å². The van der Waals surface area contributed by atoms with Gasteiger partial charge in [-0.2, -0.15) is 0 Å². The summed E-state index contributed by atoms with van der Waals surface area (Å²) in [5.41, 5.74) is 4.98. The molecule has 0 fully saturated rings. The van der Waals surface area contributed by atoms with Gasteiger partial charge in [-0.3, -0.25) is 0 Å².